The van der Waals surface area contributed by atoms with E-state index in [0.717, 1.165) is 24.2 Å². The quantitative estimate of drug-likeness (QED) is 0.197. The number of aliphatic hydroxyl groups is 1. The van der Waals surface area contributed by atoms with Crippen molar-refractivity contribution in [2.75, 3.05) is 26.2 Å². The number of ketones is 1. The number of carbonyl (C=O) groups excluding carboxylic acids is 2. The van der Waals surface area contributed by atoms with Crippen molar-refractivity contribution in [1.29, 1.82) is 0 Å². The van der Waals surface area contributed by atoms with Gasteiger partial charge in [0.2, 0.25) is 0 Å². The van der Waals surface area contributed by atoms with Gasteiger partial charge in [-0.05, 0) is 67.5 Å². The summed E-state index contributed by atoms with van der Waals surface area (Å²) in [5.74, 6) is -0.880. The number of amides is 1. The van der Waals surface area contributed by atoms with Crippen LogP contribution in [0.15, 0.2) is 78.4 Å². The van der Waals surface area contributed by atoms with Crippen molar-refractivity contribution in [2.24, 2.45) is 0 Å². The summed E-state index contributed by atoms with van der Waals surface area (Å²) in [6.45, 7) is 9.23. The van der Waals surface area contributed by atoms with Crippen LogP contribution in [0.1, 0.15) is 42.1 Å². The van der Waals surface area contributed by atoms with E-state index in [1.807, 2.05) is 25.1 Å². The summed E-state index contributed by atoms with van der Waals surface area (Å²) < 4.78 is 5.90. The van der Waals surface area contributed by atoms with Crippen molar-refractivity contribution < 1.29 is 19.4 Å². The molecule has 0 bridgehead atoms. The van der Waals surface area contributed by atoms with Gasteiger partial charge in [0.05, 0.1) is 11.6 Å². The lowest BCUT2D eigenvalue weighted by atomic mass is 9.95. The van der Waals surface area contributed by atoms with Gasteiger partial charge < -0.3 is 19.6 Å². The number of aryl methyl sites for hydroxylation is 1. The molecule has 3 aromatic carbocycles. The summed E-state index contributed by atoms with van der Waals surface area (Å²) in [5.41, 5.74) is 3.45. The smallest absolute Gasteiger partial charge is 0.295 e. The van der Waals surface area contributed by atoms with Crippen LogP contribution in [0.3, 0.4) is 0 Å². The van der Waals surface area contributed by atoms with Gasteiger partial charge in [-0.1, -0.05) is 67.4 Å². The molecule has 0 saturated carbocycles. The lowest BCUT2D eigenvalue weighted by molar-refractivity contribution is -0.140. The molecular weight excluding hydrogens is 500 g/mol. The van der Waals surface area contributed by atoms with Crippen LogP contribution in [-0.4, -0.2) is 52.8 Å². The SMILES string of the molecule is CCN(CC)CCN1C(=O)C(=O)/C(=C(/O)c2ccc(OCc3cccc(C)c3)cc2)C1c1ccc(Cl)cc1. The number of hydrogen-bond donors (Lipinski definition) is 1. The van der Waals surface area contributed by atoms with Crippen LogP contribution in [0, 0.1) is 6.92 Å². The van der Waals surface area contributed by atoms with Crippen LogP contribution in [0.4, 0.5) is 0 Å². The lowest BCUT2D eigenvalue weighted by Crippen LogP contribution is -2.38. The molecule has 1 saturated heterocycles. The van der Waals surface area contributed by atoms with Gasteiger partial charge in [0.15, 0.2) is 0 Å². The second-order valence-corrected chi connectivity index (χ2v) is 9.81. The van der Waals surface area contributed by atoms with Crippen LogP contribution in [0.25, 0.3) is 5.76 Å². The van der Waals surface area contributed by atoms with Crippen LogP contribution in [-0.2, 0) is 16.2 Å². The maximum atomic E-state index is 13.2. The molecule has 0 aliphatic carbocycles. The third-order valence-corrected chi connectivity index (χ3v) is 7.14. The van der Waals surface area contributed by atoms with E-state index >= 15 is 0 Å². The zero-order valence-electron chi connectivity index (χ0n) is 22.0. The molecule has 1 N–H and O–H groups in total. The third kappa shape index (κ3) is 6.09. The van der Waals surface area contributed by atoms with Gasteiger partial charge in [-0.15, -0.1) is 0 Å². The van der Waals surface area contributed by atoms with E-state index in [0.29, 0.717) is 41.6 Å². The number of nitrogens with zero attached hydrogens (tertiary/aromatic N) is 2. The van der Waals surface area contributed by atoms with E-state index in [9.17, 15) is 14.7 Å². The maximum Gasteiger partial charge on any atom is 0.295 e. The monoisotopic (exact) mass is 532 g/mol. The number of halogens is 1. The first-order chi connectivity index (χ1) is 18.3. The van der Waals surface area contributed by atoms with Crippen molar-refractivity contribution in [2.45, 2.75) is 33.4 Å². The zero-order chi connectivity index (χ0) is 27.2. The predicted molar refractivity (Wildman–Crippen MR) is 150 cm³/mol. The normalized spacial score (nSPS) is 16.9. The summed E-state index contributed by atoms with van der Waals surface area (Å²) in [6.07, 6.45) is 0. The highest BCUT2D eigenvalue weighted by Gasteiger charge is 2.45. The Bertz CT molecular complexity index is 1310. The molecule has 0 spiro atoms. The van der Waals surface area contributed by atoms with Gasteiger partial charge in [-0.3, -0.25) is 9.59 Å². The Morgan fingerprint density at radius 1 is 1.00 bits per heavy atom. The van der Waals surface area contributed by atoms with Crippen molar-refractivity contribution >= 4 is 29.1 Å². The largest absolute Gasteiger partial charge is 0.507 e. The Labute approximate surface area is 229 Å². The molecule has 4 rings (SSSR count). The van der Waals surface area contributed by atoms with Crippen LogP contribution < -0.4 is 4.74 Å². The molecule has 1 aliphatic rings. The number of likely N-dealkylation sites (N-methyl/N-ethyl adjacent to an activating group) is 1. The number of aliphatic hydroxyl groups excluding tert-OH is 1. The number of hydrogen-bond acceptors (Lipinski definition) is 5. The van der Waals surface area contributed by atoms with Crippen molar-refractivity contribution in [3.63, 3.8) is 0 Å². The summed E-state index contributed by atoms with van der Waals surface area (Å²) in [7, 11) is 0. The van der Waals surface area contributed by atoms with Crippen molar-refractivity contribution in [3.05, 3.63) is 106 Å². The Morgan fingerprint density at radius 2 is 1.68 bits per heavy atom. The minimum absolute atomic E-state index is 0.0744. The summed E-state index contributed by atoms with van der Waals surface area (Å²) in [5, 5.41) is 11.9. The molecule has 38 heavy (non-hydrogen) atoms. The Kier molecular flexibility index (Phi) is 8.87. The fraction of sp³-hybridized carbons (Fsp3) is 0.290. The van der Waals surface area contributed by atoms with Gasteiger partial charge in [0.25, 0.3) is 11.7 Å². The fourth-order valence-corrected chi connectivity index (χ4v) is 4.85. The predicted octanol–water partition coefficient (Wildman–Crippen LogP) is 5.99. The first kappa shape index (κ1) is 27.4. The highest BCUT2D eigenvalue weighted by atomic mass is 35.5. The summed E-state index contributed by atoms with van der Waals surface area (Å²) >= 11 is 6.11. The molecule has 7 heteroatoms. The molecule has 1 atom stereocenters. The maximum absolute atomic E-state index is 13.2. The molecule has 6 nitrogen and oxygen atoms in total. The van der Waals surface area contributed by atoms with E-state index in [1.54, 1.807) is 53.4 Å². The number of likely N-dealkylation sites (tertiary alicyclic amines) is 1. The van der Waals surface area contributed by atoms with E-state index in [4.69, 9.17) is 16.3 Å². The van der Waals surface area contributed by atoms with Crippen LogP contribution in [0.2, 0.25) is 5.02 Å². The summed E-state index contributed by atoms with van der Waals surface area (Å²) in [4.78, 5) is 30.1. The third-order valence-electron chi connectivity index (χ3n) is 6.89. The fourth-order valence-electron chi connectivity index (χ4n) is 4.72. The second-order valence-electron chi connectivity index (χ2n) is 9.37. The Morgan fingerprint density at radius 3 is 2.32 bits per heavy atom. The summed E-state index contributed by atoms with van der Waals surface area (Å²) in [6, 6.07) is 21.3. The Balaban J connectivity index is 1.63. The van der Waals surface area contributed by atoms with E-state index in [1.165, 1.54) is 0 Å². The molecule has 1 amide bonds. The molecule has 1 heterocycles. The molecule has 1 fully saturated rings. The number of ether oxygens (including phenoxy) is 1. The average molecular weight is 533 g/mol. The van der Waals surface area contributed by atoms with Gasteiger partial charge in [-0.2, -0.15) is 0 Å². The van der Waals surface area contributed by atoms with E-state index < -0.39 is 17.7 Å². The molecule has 198 valence electrons. The first-order valence-electron chi connectivity index (χ1n) is 12.9. The van der Waals surface area contributed by atoms with Gasteiger partial charge >= 0.3 is 0 Å². The Hall–Kier alpha value is -3.61. The highest BCUT2D eigenvalue weighted by Crippen LogP contribution is 2.39. The lowest BCUT2D eigenvalue weighted by Gasteiger charge is -2.28. The minimum atomic E-state index is -0.708. The molecule has 1 aliphatic heterocycles. The molecule has 0 radical (unpaired) electrons. The number of Topliss-reactive ketones (excluding diaryl/α,β-unsaturated/α-hetero) is 1. The number of carbonyl (C=O) groups is 2. The van der Waals surface area contributed by atoms with Crippen molar-refractivity contribution in [3.8, 4) is 5.75 Å². The highest BCUT2D eigenvalue weighted by molar-refractivity contribution is 6.46. The molecule has 1 unspecified atom stereocenters. The van der Waals surface area contributed by atoms with Crippen LogP contribution in [0.5, 0.6) is 5.75 Å². The average Bonchev–Trinajstić information content (AvgIpc) is 3.18. The molecular formula is C31H33ClN2O4. The standard InChI is InChI=1S/C31H33ClN2O4/c1-4-33(5-2)17-18-34-28(23-9-13-25(32)14-10-23)27(30(36)31(34)37)29(35)24-11-15-26(16-12-24)38-20-22-8-6-7-21(3)19-22/h6-16,19,28,35H,4-5,17-18,20H2,1-3H3/b29-27+. The second kappa shape index (κ2) is 12.3. The van der Waals surface area contributed by atoms with Gasteiger partial charge in [0, 0.05) is 23.7 Å². The number of benzene rings is 3. The van der Waals surface area contributed by atoms with Crippen LogP contribution >= 0.6 is 11.6 Å². The van der Waals surface area contributed by atoms with Gasteiger partial charge in [-0.25, -0.2) is 0 Å². The van der Waals surface area contributed by atoms with E-state index in [-0.39, 0.29) is 11.3 Å². The van der Waals surface area contributed by atoms with E-state index in [2.05, 4.69) is 24.8 Å². The molecule has 0 aromatic heterocycles. The molecule has 3 aromatic rings. The number of rotatable bonds is 10. The minimum Gasteiger partial charge on any atom is -0.507 e. The first-order valence-corrected chi connectivity index (χ1v) is 13.2. The zero-order valence-corrected chi connectivity index (χ0v) is 22.7. The van der Waals surface area contributed by atoms with Crippen molar-refractivity contribution in [1.82, 2.24) is 9.80 Å². The van der Waals surface area contributed by atoms with Gasteiger partial charge in [0.1, 0.15) is 18.1 Å². The topological polar surface area (TPSA) is 70.1 Å².